The van der Waals surface area contributed by atoms with E-state index in [-0.39, 0.29) is 133 Å². The highest BCUT2D eigenvalue weighted by atomic mass is 16.6. The fraction of sp³-hybridized carbons (Fsp3) is 0.765. The molecule has 694 valence electrons. The largest absolute Gasteiger partial charge is 0.460 e. The highest BCUT2D eigenvalue weighted by Gasteiger charge is 2.32. The molecule has 10 amide bonds. The molecule has 121 heavy (non-hydrogen) atoms. The van der Waals surface area contributed by atoms with Crippen LogP contribution in [0.25, 0.3) is 0 Å². The molecule has 0 aliphatic carbocycles. The zero-order chi connectivity index (χ0) is 88.6. The molecule has 0 bridgehead atoms. The summed E-state index contributed by atoms with van der Waals surface area (Å²) < 4.78 is 103. The molecular weight excluding hydrogens is 1590 g/mol. The number of carbonyl (C=O) groups is 11. The van der Waals surface area contributed by atoms with E-state index in [9.17, 15) is 57.8 Å². The average molecular weight is 1740 g/mol. The van der Waals surface area contributed by atoms with Gasteiger partial charge in [0, 0.05) is 83.1 Å². The Morgan fingerprint density at radius 2 is 0.810 bits per heavy atom. The van der Waals surface area contributed by atoms with E-state index in [1.807, 2.05) is 0 Å². The number of esters is 1. The third-order valence-corrected chi connectivity index (χ3v) is 16.8. The van der Waals surface area contributed by atoms with E-state index in [0.717, 1.165) is 17.1 Å². The first kappa shape index (κ1) is 110. The van der Waals surface area contributed by atoms with Gasteiger partial charge >= 0.3 is 5.97 Å². The number of nitrogens with one attached hydrogen (secondary N) is 8. The zero-order valence-corrected chi connectivity index (χ0v) is 72.4. The molecule has 1 aliphatic heterocycles. The zero-order valence-electron chi connectivity index (χ0n) is 72.4. The number of hydrogen-bond donors (Lipinski definition) is 9. The molecule has 1 heterocycles. The molecule has 0 fully saturated rings. The number of carbonyl (C=O) groups excluding carboxylic acids is 11. The van der Waals surface area contributed by atoms with Crippen LogP contribution in [0, 0.1) is 5.92 Å². The van der Waals surface area contributed by atoms with Gasteiger partial charge in [0.25, 0.3) is 17.7 Å². The quantitative estimate of drug-likeness (QED) is 0.0236. The maximum absolute atomic E-state index is 14.1. The van der Waals surface area contributed by atoms with Gasteiger partial charge in [-0.15, -0.1) is 0 Å². The third-order valence-electron chi connectivity index (χ3n) is 16.8. The number of aliphatic hydroxyl groups is 1. The maximum atomic E-state index is 14.1. The van der Waals surface area contributed by atoms with Crippen molar-refractivity contribution in [3.63, 3.8) is 0 Å². The Morgan fingerprint density at radius 3 is 1.23 bits per heavy atom. The van der Waals surface area contributed by atoms with Gasteiger partial charge < -0.3 is 138 Å². The van der Waals surface area contributed by atoms with Gasteiger partial charge in [-0.2, -0.15) is 0 Å². The first-order chi connectivity index (χ1) is 58.5. The number of aliphatic hydroxyl groups excluding tert-OH is 1. The maximum Gasteiger partial charge on any atom is 0.306 e. The van der Waals surface area contributed by atoms with Gasteiger partial charge in [-0.25, -0.2) is 0 Å². The molecule has 0 aromatic heterocycles. The Balaban J connectivity index is 1.80. The normalized spacial score (nSPS) is 13.1. The van der Waals surface area contributed by atoms with Crippen LogP contribution in [0.3, 0.4) is 0 Å². The number of rotatable bonds is 81. The van der Waals surface area contributed by atoms with Gasteiger partial charge in [-0.3, -0.25) is 57.6 Å². The summed E-state index contributed by atoms with van der Waals surface area (Å²) in [6.45, 7) is 22.7. The molecule has 0 unspecified atom stereocenters. The standard InChI is InChI=1S/C81H139N9O31/c1-62(2)75(80(102)85-63(3)76(98)86-65-17-16-64(60-91)66(59-65)77(99)84-24-26-105-31-32-108-37-38-111-43-44-114-47-45-112-41-39-109-35-33-106-29-27-103-7)89-79(101)68(18-21-74(97)121-81(4,5)6)88-69(92)14-11-23-83-78(100)67(87-70(93)15-12-25-90-72(95)19-20-73(90)96)13-9-10-22-82-71(94)61-120-58-57-119-56-55-118-54-53-117-52-51-116-50-49-115-48-46-113-42-40-110-36-34-107-30-28-104-8/h16-17,19-20,59,62-63,67-68,75,91H,9-15,18,21-58,60-61H2,1-8H3,(H,82,94)(H,83,100)(H,84,99)(H,85,102)(H,86,98)(H,87,93)(H,88,92)(H,89,101)/t63-,67-,68-,75-/m0/s1. The summed E-state index contributed by atoms with van der Waals surface area (Å²) in [5, 5.41) is 31.6. The molecule has 40 nitrogen and oxygen atoms in total. The first-order valence-electron chi connectivity index (χ1n) is 41.5. The van der Waals surface area contributed by atoms with Gasteiger partial charge in [0.1, 0.15) is 36.4 Å². The summed E-state index contributed by atoms with van der Waals surface area (Å²) >= 11 is 0. The van der Waals surface area contributed by atoms with Crippen molar-refractivity contribution in [3.05, 3.63) is 41.5 Å². The second kappa shape index (κ2) is 73.0. The van der Waals surface area contributed by atoms with E-state index in [1.54, 1.807) is 48.8 Å². The van der Waals surface area contributed by atoms with Crippen LogP contribution >= 0.6 is 0 Å². The van der Waals surface area contributed by atoms with Gasteiger partial charge in [0.2, 0.25) is 41.4 Å². The minimum Gasteiger partial charge on any atom is -0.460 e. The number of benzene rings is 1. The van der Waals surface area contributed by atoms with Crippen LogP contribution in [-0.2, 0) is 145 Å². The van der Waals surface area contributed by atoms with Crippen molar-refractivity contribution < 1.29 is 148 Å². The van der Waals surface area contributed by atoms with Crippen molar-refractivity contribution in [1.82, 2.24) is 42.1 Å². The van der Waals surface area contributed by atoms with Gasteiger partial charge in [0.05, 0.1) is 225 Å². The highest BCUT2D eigenvalue weighted by Crippen LogP contribution is 2.18. The minimum atomic E-state index is -1.38. The van der Waals surface area contributed by atoms with Crippen molar-refractivity contribution in [2.24, 2.45) is 5.92 Å². The van der Waals surface area contributed by atoms with Gasteiger partial charge in [-0.1, -0.05) is 19.9 Å². The second-order valence-corrected chi connectivity index (χ2v) is 28.3. The molecule has 0 radical (unpaired) electrons. The van der Waals surface area contributed by atoms with Crippen molar-refractivity contribution in [2.75, 3.05) is 270 Å². The van der Waals surface area contributed by atoms with E-state index in [2.05, 4.69) is 42.5 Å². The fourth-order valence-electron chi connectivity index (χ4n) is 10.5. The Morgan fingerprint density at radius 1 is 0.405 bits per heavy atom. The van der Waals surface area contributed by atoms with E-state index in [1.165, 1.54) is 25.1 Å². The number of methoxy groups -OCH3 is 2. The lowest BCUT2D eigenvalue weighted by molar-refractivity contribution is -0.155. The van der Waals surface area contributed by atoms with Crippen LogP contribution in [0.2, 0.25) is 0 Å². The van der Waals surface area contributed by atoms with Crippen LogP contribution in [0.15, 0.2) is 30.4 Å². The summed E-state index contributed by atoms with van der Waals surface area (Å²) in [6.07, 6.45) is 2.43. The Labute approximate surface area is 711 Å². The van der Waals surface area contributed by atoms with Crippen molar-refractivity contribution in [1.29, 1.82) is 0 Å². The molecule has 4 atom stereocenters. The number of ether oxygens (including phenoxy) is 19. The van der Waals surface area contributed by atoms with Gasteiger partial charge in [-0.05, 0) is 89.8 Å². The summed E-state index contributed by atoms with van der Waals surface area (Å²) in [5.74, 6) is -7.22. The molecular formula is C81H139N9O31. The van der Waals surface area contributed by atoms with Crippen LogP contribution in [-0.4, -0.2) is 370 Å². The predicted molar refractivity (Wildman–Crippen MR) is 438 cm³/mol. The molecule has 40 heteroatoms. The lowest BCUT2D eigenvalue weighted by atomic mass is 10.0. The SMILES string of the molecule is COCCOCCOCCOCCOCCOCCOCCOCCNC(=O)c1cc(NC(=O)[C@H](C)NC(=O)[C@@H](NC(=O)[C@H](CCC(=O)OC(C)(C)C)NC(=O)CCCNC(=O)[C@H](CCCCNC(=O)COCCOCCOCCOCCOCCOCCOCCOCCOCCOC)NC(=O)CCCN2C(=O)C=CC2=O)C(C)C)ccc1CO. The minimum absolute atomic E-state index is 0.0180. The van der Waals surface area contributed by atoms with Crippen molar-refractivity contribution in [3.8, 4) is 0 Å². The van der Waals surface area contributed by atoms with Crippen LogP contribution in [0.5, 0.6) is 0 Å². The molecule has 1 aliphatic rings. The number of amides is 10. The average Bonchev–Trinajstić information content (AvgIpc) is 1.51. The monoisotopic (exact) mass is 1730 g/mol. The summed E-state index contributed by atoms with van der Waals surface area (Å²) in [5.41, 5.74) is -0.357. The lowest BCUT2D eigenvalue weighted by Gasteiger charge is -2.27. The highest BCUT2D eigenvalue weighted by molar-refractivity contribution is 6.13. The summed E-state index contributed by atoms with van der Waals surface area (Å²) in [6, 6.07) is -0.604. The number of imide groups is 1. The predicted octanol–water partition coefficient (Wildman–Crippen LogP) is 0.0307. The Kier molecular flexibility index (Phi) is 66.1. The number of anilines is 1. The van der Waals surface area contributed by atoms with E-state index < -0.39 is 101 Å². The number of unbranched alkanes of at least 4 members (excludes halogenated alkanes) is 1. The van der Waals surface area contributed by atoms with Gasteiger partial charge in [0.15, 0.2) is 0 Å². The number of hydrogen-bond acceptors (Lipinski definition) is 31. The molecule has 1 aromatic rings. The molecule has 2 rings (SSSR count). The van der Waals surface area contributed by atoms with E-state index >= 15 is 0 Å². The number of nitrogens with zero attached hydrogens (tertiary/aromatic N) is 1. The molecule has 0 saturated carbocycles. The van der Waals surface area contributed by atoms with Crippen molar-refractivity contribution in [2.45, 2.75) is 136 Å². The Hall–Kier alpha value is -7.43. The smallest absolute Gasteiger partial charge is 0.306 e. The summed E-state index contributed by atoms with van der Waals surface area (Å²) in [7, 11) is 3.24. The second-order valence-electron chi connectivity index (χ2n) is 28.3. The molecule has 0 spiro atoms. The van der Waals surface area contributed by atoms with Crippen LogP contribution < -0.4 is 42.5 Å². The molecule has 0 saturated heterocycles. The third kappa shape index (κ3) is 59.9. The molecule has 9 N–H and O–H groups in total. The molecule has 1 aromatic carbocycles. The van der Waals surface area contributed by atoms with Crippen molar-refractivity contribution >= 4 is 70.7 Å². The first-order valence-corrected chi connectivity index (χ1v) is 41.5. The Bertz CT molecular complexity index is 3010. The lowest BCUT2D eigenvalue weighted by Crippen LogP contribution is -2.57. The summed E-state index contributed by atoms with van der Waals surface area (Å²) in [4.78, 5) is 146. The van der Waals surface area contributed by atoms with Crippen LogP contribution in [0.4, 0.5) is 5.69 Å². The van der Waals surface area contributed by atoms with E-state index in [4.69, 9.17) is 90.0 Å². The fourth-order valence-corrected chi connectivity index (χ4v) is 10.5. The van der Waals surface area contributed by atoms with E-state index in [0.29, 0.717) is 198 Å². The topological polar surface area (TPSA) is 483 Å². The van der Waals surface area contributed by atoms with Crippen LogP contribution in [0.1, 0.15) is 115 Å².